The number of hydrogen-bond donors (Lipinski definition) is 2. The normalized spacial score (nSPS) is 25.1. The first-order chi connectivity index (χ1) is 10.7. The number of ether oxygens (including phenoxy) is 2. The number of hydrogen-bond acceptors (Lipinski definition) is 6. The van der Waals surface area contributed by atoms with E-state index in [1.54, 1.807) is 0 Å². The van der Waals surface area contributed by atoms with Gasteiger partial charge >= 0.3 is 0 Å². The number of rotatable bonds is 7. The van der Waals surface area contributed by atoms with Crippen LogP contribution in [-0.4, -0.2) is 58.8 Å². The molecule has 1 amide bonds. The SMILES string of the molecule is Cc1nc(SCC(=O)N[C@@H]2COCC[C@@H]2OCC2CC2)n[nH]1. The molecule has 0 unspecified atom stereocenters. The highest BCUT2D eigenvalue weighted by Crippen LogP contribution is 2.30. The fourth-order valence-electron chi connectivity index (χ4n) is 2.36. The van der Waals surface area contributed by atoms with E-state index in [0.717, 1.165) is 24.8 Å². The van der Waals surface area contributed by atoms with E-state index in [2.05, 4.69) is 20.5 Å². The number of H-pyrrole nitrogens is 1. The van der Waals surface area contributed by atoms with Crippen LogP contribution in [0.25, 0.3) is 0 Å². The Morgan fingerprint density at radius 3 is 3.09 bits per heavy atom. The van der Waals surface area contributed by atoms with Crippen LogP contribution in [-0.2, 0) is 14.3 Å². The minimum absolute atomic E-state index is 0.0389. The first kappa shape index (κ1) is 15.8. The molecule has 1 saturated carbocycles. The van der Waals surface area contributed by atoms with Crippen LogP contribution in [0.3, 0.4) is 0 Å². The van der Waals surface area contributed by atoms with Crippen molar-refractivity contribution in [2.24, 2.45) is 5.92 Å². The Balaban J connectivity index is 1.43. The highest BCUT2D eigenvalue weighted by atomic mass is 32.2. The van der Waals surface area contributed by atoms with E-state index < -0.39 is 0 Å². The monoisotopic (exact) mass is 326 g/mol. The molecule has 122 valence electrons. The number of aromatic amines is 1. The number of aromatic nitrogens is 3. The van der Waals surface area contributed by atoms with Gasteiger partial charge in [0.15, 0.2) is 0 Å². The first-order valence-corrected chi connectivity index (χ1v) is 8.70. The van der Waals surface area contributed by atoms with Crippen molar-refractivity contribution < 1.29 is 14.3 Å². The fraction of sp³-hybridized carbons (Fsp3) is 0.786. The standard InChI is InChI=1S/C14H22N4O3S/c1-9-15-14(18-17-9)22-8-13(19)16-11-7-20-5-4-12(11)21-6-10-2-3-10/h10-12H,2-8H2,1H3,(H,16,19)(H,15,17,18)/t11-,12+/m1/s1. The van der Waals surface area contributed by atoms with Gasteiger partial charge in [0.2, 0.25) is 11.1 Å². The number of aryl methyl sites for hydroxylation is 1. The highest BCUT2D eigenvalue weighted by molar-refractivity contribution is 7.99. The molecule has 0 radical (unpaired) electrons. The maximum atomic E-state index is 12.1. The fourth-order valence-corrected chi connectivity index (χ4v) is 3.02. The van der Waals surface area contributed by atoms with Crippen molar-refractivity contribution in [1.82, 2.24) is 20.5 Å². The van der Waals surface area contributed by atoms with Crippen LogP contribution in [0.15, 0.2) is 5.16 Å². The third-order valence-corrected chi connectivity index (χ3v) is 4.64. The second kappa shape index (κ2) is 7.43. The molecule has 2 aliphatic rings. The van der Waals surface area contributed by atoms with E-state index in [9.17, 15) is 4.79 Å². The Morgan fingerprint density at radius 1 is 1.50 bits per heavy atom. The summed E-state index contributed by atoms with van der Waals surface area (Å²) in [6, 6.07) is -0.0607. The van der Waals surface area contributed by atoms with E-state index in [0.29, 0.717) is 24.1 Å². The van der Waals surface area contributed by atoms with Crippen molar-refractivity contribution in [3.05, 3.63) is 5.82 Å². The lowest BCUT2D eigenvalue weighted by Gasteiger charge is -2.32. The predicted octanol–water partition coefficient (Wildman–Crippen LogP) is 0.906. The quantitative estimate of drug-likeness (QED) is 0.724. The summed E-state index contributed by atoms with van der Waals surface area (Å²) in [5.41, 5.74) is 0. The average molecular weight is 326 g/mol. The number of amides is 1. The van der Waals surface area contributed by atoms with Crippen molar-refractivity contribution in [2.45, 2.75) is 43.5 Å². The molecule has 1 saturated heterocycles. The Kier molecular flexibility index (Phi) is 5.32. The highest BCUT2D eigenvalue weighted by Gasteiger charge is 2.30. The third kappa shape index (κ3) is 4.69. The third-order valence-electron chi connectivity index (χ3n) is 3.79. The van der Waals surface area contributed by atoms with Gasteiger partial charge in [0, 0.05) is 13.2 Å². The summed E-state index contributed by atoms with van der Waals surface area (Å²) in [5.74, 6) is 1.73. The molecule has 7 nitrogen and oxygen atoms in total. The minimum atomic E-state index is -0.0607. The van der Waals surface area contributed by atoms with Gasteiger partial charge in [-0.2, -0.15) is 0 Å². The van der Waals surface area contributed by atoms with Crippen LogP contribution < -0.4 is 5.32 Å². The topological polar surface area (TPSA) is 89.1 Å². The van der Waals surface area contributed by atoms with Gasteiger partial charge in [0.1, 0.15) is 5.82 Å². The lowest BCUT2D eigenvalue weighted by Crippen LogP contribution is -2.51. The van der Waals surface area contributed by atoms with Crippen LogP contribution in [0.2, 0.25) is 0 Å². The van der Waals surface area contributed by atoms with Gasteiger partial charge in [0.05, 0.1) is 24.5 Å². The van der Waals surface area contributed by atoms with Gasteiger partial charge in [0.25, 0.3) is 0 Å². The maximum absolute atomic E-state index is 12.1. The summed E-state index contributed by atoms with van der Waals surface area (Å²) in [4.78, 5) is 16.2. The summed E-state index contributed by atoms with van der Waals surface area (Å²) < 4.78 is 11.4. The second-order valence-corrected chi connectivity index (χ2v) is 6.79. The molecule has 22 heavy (non-hydrogen) atoms. The van der Waals surface area contributed by atoms with Crippen molar-refractivity contribution in [3.8, 4) is 0 Å². The van der Waals surface area contributed by atoms with Gasteiger partial charge in [-0.1, -0.05) is 11.8 Å². The van der Waals surface area contributed by atoms with Crippen molar-refractivity contribution >= 4 is 17.7 Å². The zero-order valence-electron chi connectivity index (χ0n) is 12.7. The van der Waals surface area contributed by atoms with Gasteiger partial charge in [-0.15, -0.1) is 5.10 Å². The molecule has 2 N–H and O–H groups in total. The molecule has 1 aliphatic carbocycles. The summed E-state index contributed by atoms with van der Waals surface area (Å²) >= 11 is 1.32. The van der Waals surface area contributed by atoms with Crippen LogP contribution in [0.5, 0.6) is 0 Å². The van der Waals surface area contributed by atoms with Crippen molar-refractivity contribution in [2.75, 3.05) is 25.6 Å². The smallest absolute Gasteiger partial charge is 0.230 e. The van der Waals surface area contributed by atoms with Crippen molar-refractivity contribution in [3.63, 3.8) is 0 Å². The summed E-state index contributed by atoms with van der Waals surface area (Å²) in [6.07, 6.45) is 3.44. The molecule has 1 aromatic rings. The predicted molar refractivity (Wildman–Crippen MR) is 81.7 cm³/mol. The molecular formula is C14H22N4O3S. The van der Waals surface area contributed by atoms with E-state index >= 15 is 0 Å². The molecule has 2 atom stereocenters. The Labute approximate surface area is 133 Å². The molecule has 0 bridgehead atoms. The zero-order valence-corrected chi connectivity index (χ0v) is 13.5. The van der Waals surface area contributed by atoms with Gasteiger partial charge in [-0.3, -0.25) is 9.89 Å². The van der Waals surface area contributed by atoms with E-state index in [-0.39, 0.29) is 18.1 Å². The summed E-state index contributed by atoms with van der Waals surface area (Å²) in [5, 5.41) is 10.4. The molecule has 8 heteroatoms. The Morgan fingerprint density at radius 2 is 2.36 bits per heavy atom. The van der Waals surface area contributed by atoms with E-state index in [1.807, 2.05) is 6.92 Å². The number of thioether (sulfide) groups is 1. The molecule has 2 heterocycles. The van der Waals surface area contributed by atoms with Gasteiger partial charge < -0.3 is 14.8 Å². The molecule has 3 rings (SSSR count). The summed E-state index contributed by atoms with van der Waals surface area (Å²) in [6.45, 7) is 3.86. The number of nitrogens with one attached hydrogen (secondary N) is 2. The minimum Gasteiger partial charge on any atom is -0.379 e. The average Bonchev–Trinajstić information content (AvgIpc) is 3.25. The van der Waals surface area contributed by atoms with Gasteiger partial charge in [-0.25, -0.2) is 4.98 Å². The molecule has 0 aromatic carbocycles. The van der Waals surface area contributed by atoms with Crippen LogP contribution in [0.4, 0.5) is 0 Å². The Hall–Kier alpha value is -1.12. The largest absolute Gasteiger partial charge is 0.379 e. The van der Waals surface area contributed by atoms with Crippen LogP contribution in [0.1, 0.15) is 25.1 Å². The second-order valence-electron chi connectivity index (χ2n) is 5.84. The summed E-state index contributed by atoms with van der Waals surface area (Å²) in [7, 11) is 0. The molecule has 1 aromatic heterocycles. The van der Waals surface area contributed by atoms with E-state index in [4.69, 9.17) is 9.47 Å². The molecule has 2 fully saturated rings. The maximum Gasteiger partial charge on any atom is 0.230 e. The van der Waals surface area contributed by atoms with Gasteiger partial charge in [-0.05, 0) is 32.1 Å². The molecule has 0 spiro atoms. The number of carbonyl (C=O) groups excluding carboxylic acids is 1. The lowest BCUT2D eigenvalue weighted by atomic mass is 10.1. The number of nitrogens with zero attached hydrogens (tertiary/aromatic N) is 2. The van der Waals surface area contributed by atoms with Crippen LogP contribution >= 0.6 is 11.8 Å². The zero-order chi connectivity index (χ0) is 15.4. The van der Waals surface area contributed by atoms with E-state index in [1.165, 1.54) is 24.6 Å². The lowest BCUT2D eigenvalue weighted by molar-refractivity contribution is -0.123. The first-order valence-electron chi connectivity index (χ1n) is 7.71. The van der Waals surface area contributed by atoms with Crippen LogP contribution in [0, 0.1) is 12.8 Å². The number of carbonyl (C=O) groups is 1. The van der Waals surface area contributed by atoms with Crippen molar-refractivity contribution in [1.29, 1.82) is 0 Å². The Bertz CT molecular complexity index is 506. The molecular weight excluding hydrogens is 304 g/mol. The molecule has 1 aliphatic heterocycles.